The number of anilines is 1. The molecular formula is C17H18ClN5O3S. The summed E-state index contributed by atoms with van der Waals surface area (Å²) < 4.78 is 25.6. The van der Waals surface area contributed by atoms with Crippen molar-refractivity contribution in [1.29, 1.82) is 0 Å². The van der Waals surface area contributed by atoms with Crippen molar-refractivity contribution in [3.05, 3.63) is 58.7 Å². The predicted octanol–water partition coefficient (Wildman–Crippen LogP) is 1.79. The van der Waals surface area contributed by atoms with E-state index in [1.165, 1.54) is 7.05 Å². The van der Waals surface area contributed by atoms with E-state index in [2.05, 4.69) is 15.3 Å². The Morgan fingerprint density at radius 2 is 1.93 bits per heavy atom. The van der Waals surface area contributed by atoms with Gasteiger partial charge in [0.1, 0.15) is 17.1 Å². The normalized spacial score (nSPS) is 21.4. The lowest BCUT2D eigenvalue weighted by atomic mass is 10.0. The summed E-state index contributed by atoms with van der Waals surface area (Å²) in [5, 5.41) is 3.21. The second-order valence-electron chi connectivity index (χ2n) is 6.34. The van der Waals surface area contributed by atoms with Crippen LogP contribution in [0.5, 0.6) is 0 Å². The van der Waals surface area contributed by atoms with Crippen molar-refractivity contribution >= 4 is 39.3 Å². The SMILES string of the molecule is CN1C(N)=N[C@](C)(c2cccc(NC(=O)c3ccc(Cl)cc3)n2)CS1(=O)=O. The molecule has 142 valence electrons. The van der Waals surface area contributed by atoms with Gasteiger partial charge >= 0.3 is 0 Å². The first-order valence-electron chi connectivity index (χ1n) is 7.97. The summed E-state index contributed by atoms with van der Waals surface area (Å²) in [5.41, 5.74) is 5.41. The number of carbonyl (C=O) groups excluding carboxylic acids is 1. The largest absolute Gasteiger partial charge is 0.369 e. The maximum absolute atomic E-state index is 12.3. The fourth-order valence-electron chi connectivity index (χ4n) is 2.68. The third-order valence-electron chi connectivity index (χ3n) is 4.21. The Balaban J connectivity index is 1.89. The van der Waals surface area contributed by atoms with Crippen molar-refractivity contribution in [2.75, 3.05) is 18.1 Å². The summed E-state index contributed by atoms with van der Waals surface area (Å²) in [6, 6.07) is 11.3. The first kappa shape index (κ1) is 19.1. The summed E-state index contributed by atoms with van der Waals surface area (Å²) in [5.74, 6) is -0.473. The summed E-state index contributed by atoms with van der Waals surface area (Å²) in [4.78, 5) is 21.0. The highest BCUT2D eigenvalue weighted by Crippen LogP contribution is 2.31. The molecule has 8 nitrogen and oxygen atoms in total. The van der Waals surface area contributed by atoms with Crippen LogP contribution in [0.3, 0.4) is 0 Å². The average Bonchev–Trinajstić information content (AvgIpc) is 2.60. The molecule has 1 aromatic heterocycles. The number of aliphatic imine (C=N–C) groups is 1. The Hall–Kier alpha value is -2.65. The van der Waals surface area contributed by atoms with Crippen LogP contribution in [0.15, 0.2) is 47.5 Å². The summed E-state index contributed by atoms with van der Waals surface area (Å²) in [6.07, 6.45) is 0. The standard InChI is InChI=1S/C17H18ClN5O3S/c1-17(10-27(25,26)23(2)16(19)22-17)13-4-3-5-14(20-13)21-15(24)11-6-8-12(18)9-7-11/h3-9H,10H2,1-2H3,(H2,19,22)(H,20,21,24)/t17-/m0/s1. The Labute approximate surface area is 162 Å². The Morgan fingerprint density at radius 3 is 2.56 bits per heavy atom. The highest BCUT2D eigenvalue weighted by molar-refractivity contribution is 7.89. The van der Waals surface area contributed by atoms with Crippen LogP contribution in [0, 0.1) is 0 Å². The van der Waals surface area contributed by atoms with Gasteiger partial charge in [0.25, 0.3) is 5.91 Å². The molecule has 1 amide bonds. The van der Waals surface area contributed by atoms with Crippen molar-refractivity contribution in [2.45, 2.75) is 12.5 Å². The van der Waals surface area contributed by atoms with Crippen LogP contribution < -0.4 is 11.1 Å². The number of nitrogens with one attached hydrogen (secondary N) is 1. The number of amides is 1. The Bertz CT molecular complexity index is 1020. The Morgan fingerprint density at radius 1 is 1.26 bits per heavy atom. The molecule has 0 spiro atoms. The van der Waals surface area contributed by atoms with Gasteiger partial charge < -0.3 is 11.1 Å². The zero-order chi connectivity index (χ0) is 19.8. The molecule has 0 saturated heterocycles. The van der Waals surface area contributed by atoms with E-state index in [9.17, 15) is 13.2 Å². The fourth-order valence-corrected chi connectivity index (χ4v) is 4.24. The number of aromatic nitrogens is 1. The number of sulfonamides is 1. The molecule has 1 aromatic carbocycles. The minimum atomic E-state index is -3.61. The smallest absolute Gasteiger partial charge is 0.256 e. The second kappa shape index (κ2) is 6.82. The first-order valence-corrected chi connectivity index (χ1v) is 9.96. The van der Waals surface area contributed by atoms with E-state index >= 15 is 0 Å². The van der Waals surface area contributed by atoms with Crippen LogP contribution in [-0.4, -0.2) is 42.4 Å². The minimum Gasteiger partial charge on any atom is -0.369 e. The van der Waals surface area contributed by atoms with Crippen molar-refractivity contribution in [3.8, 4) is 0 Å². The molecule has 0 radical (unpaired) electrons. The van der Waals surface area contributed by atoms with Gasteiger partial charge in [0, 0.05) is 17.6 Å². The molecule has 0 unspecified atom stereocenters. The summed E-state index contributed by atoms with van der Waals surface area (Å²) >= 11 is 5.82. The van der Waals surface area contributed by atoms with Gasteiger partial charge in [-0.1, -0.05) is 17.7 Å². The van der Waals surface area contributed by atoms with E-state index < -0.39 is 15.6 Å². The molecule has 1 atom stereocenters. The molecule has 2 heterocycles. The van der Waals surface area contributed by atoms with Gasteiger partial charge in [-0.3, -0.25) is 4.79 Å². The van der Waals surface area contributed by atoms with Crippen LogP contribution >= 0.6 is 11.6 Å². The second-order valence-corrected chi connectivity index (χ2v) is 8.77. The molecule has 0 aliphatic carbocycles. The monoisotopic (exact) mass is 407 g/mol. The zero-order valence-electron chi connectivity index (χ0n) is 14.7. The van der Waals surface area contributed by atoms with Crippen LogP contribution in [0.2, 0.25) is 5.02 Å². The number of nitrogens with zero attached hydrogens (tertiary/aromatic N) is 3. The summed E-state index contributed by atoms with van der Waals surface area (Å²) in [7, 11) is -2.26. The quantitative estimate of drug-likeness (QED) is 0.804. The highest BCUT2D eigenvalue weighted by Gasteiger charge is 2.41. The summed E-state index contributed by atoms with van der Waals surface area (Å²) in [6.45, 7) is 1.64. The van der Waals surface area contributed by atoms with Gasteiger partial charge in [0.05, 0.1) is 5.69 Å². The molecule has 10 heteroatoms. The maximum Gasteiger partial charge on any atom is 0.256 e. The van der Waals surface area contributed by atoms with Crippen LogP contribution in [0.25, 0.3) is 0 Å². The third-order valence-corrected chi connectivity index (χ3v) is 6.41. The van der Waals surface area contributed by atoms with Gasteiger partial charge in [0.15, 0.2) is 0 Å². The van der Waals surface area contributed by atoms with E-state index in [1.807, 2.05) is 0 Å². The molecule has 0 bridgehead atoms. The lowest BCUT2D eigenvalue weighted by molar-refractivity contribution is 0.102. The lowest BCUT2D eigenvalue weighted by Crippen LogP contribution is -2.50. The topological polar surface area (TPSA) is 118 Å². The van der Waals surface area contributed by atoms with Crippen LogP contribution in [0.1, 0.15) is 23.0 Å². The van der Waals surface area contributed by atoms with Gasteiger partial charge in [-0.05, 0) is 43.3 Å². The van der Waals surface area contributed by atoms with Crippen molar-refractivity contribution in [1.82, 2.24) is 9.29 Å². The molecule has 0 fully saturated rings. The van der Waals surface area contributed by atoms with Crippen LogP contribution in [0.4, 0.5) is 5.82 Å². The van der Waals surface area contributed by atoms with E-state index in [0.29, 0.717) is 16.3 Å². The van der Waals surface area contributed by atoms with Gasteiger partial charge in [-0.2, -0.15) is 0 Å². The molecule has 1 aliphatic heterocycles. The number of hydrogen-bond donors (Lipinski definition) is 2. The molecule has 3 N–H and O–H groups in total. The number of guanidine groups is 1. The lowest BCUT2D eigenvalue weighted by Gasteiger charge is -2.33. The number of hydrogen-bond acceptors (Lipinski definition) is 6. The van der Waals surface area contributed by atoms with Crippen LogP contribution in [-0.2, 0) is 15.6 Å². The number of halogens is 1. The molecule has 27 heavy (non-hydrogen) atoms. The van der Waals surface area contributed by atoms with E-state index in [1.54, 1.807) is 49.4 Å². The molecule has 1 aliphatic rings. The predicted molar refractivity (Wildman–Crippen MR) is 104 cm³/mol. The minimum absolute atomic E-state index is 0.110. The fraction of sp³-hybridized carbons (Fsp3) is 0.235. The number of rotatable bonds is 3. The van der Waals surface area contributed by atoms with Gasteiger partial charge in [-0.25, -0.2) is 22.7 Å². The van der Waals surface area contributed by atoms with Gasteiger partial charge in [0.2, 0.25) is 16.0 Å². The average molecular weight is 408 g/mol. The van der Waals surface area contributed by atoms with Crippen molar-refractivity contribution in [2.24, 2.45) is 10.7 Å². The van der Waals surface area contributed by atoms with E-state index in [0.717, 1.165) is 4.31 Å². The molecule has 3 rings (SSSR count). The number of carbonyl (C=O) groups is 1. The number of nitrogens with two attached hydrogens (primary N) is 1. The van der Waals surface area contributed by atoms with E-state index in [-0.39, 0.29) is 23.4 Å². The highest BCUT2D eigenvalue weighted by atomic mass is 35.5. The Kier molecular flexibility index (Phi) is 4.83. The molecular weight excluding hydrogens is 390 g/mol. The number of pyridine rings is 1. The van der Waals surface area contributed by atoms with Gasteiger partial charge in [-0.15, -0.1) is 0 Å². The van der Waals surface area contributed by atoms with E-state index in [4.69, 9.17) is 17.3 Å². The third kappa shape index (κ3) is 3.88. The zero-order valence-corrected chi connectivity index (χ0v) is 16.3. The molecule has 2 aromatic rings. The molecule has 0 saturated carbocycles. The maximum atomic E-state index is 12.3. The number of benzene rings is 1. The first-order chi connectivity index (χ1) is 12.6. The van der Waals surface area contributed by atoms with Crippen molar-refractivity contribution in [3.63, 3.8) is 0 Å². The van der Waals surface area contributed by atoms with Crippen molar-refractivity contribution < 1.29 is 13.2 Å².